The van der Waals surface area contributed by atoms with E-state index < -0.39 is 10.5 Å². The predicted molar refractivity (Wildman–Crippen MR) is 122 cm³/mol. The molecular weight excluding hydrogens is 426 g/mol. The lowest BCUT2D eigenvalue weighted by Crippen LogP contribution is -2.10. The van der Waals surface area contributed by atoms with E-state index in [1.54, 1.807) is 54.6 Å². The molecule has 3 aromatic carbocycles. The summed E-state index contributed by atoms with van der Waals surface area (Å²) >= 11 is 0. The molecule has 0 aliphatic rings. The summed E-state index contributed by atoms with van der Waals surface area (Å²) in [6, 6.07) is 19.4. The molecular formula is C25H19NO7. The Morgan fingerprint density at radius 1 is 0.970 bits per heavy atom. The Labute approximate surface area is 188 Å². The zero-order valence-electron chi connectivity index (χ0n) is 17.6. The van der Waals surface area contributed by atoms with Crippen molar-refractivity contribution in [1.82, 2.24) is 0 Å². The van der Waals surface area contributed by atoms with Crippen LogP contribution in [-0.2, 0) is 0 Å². The zero-order chi connectivity index (χ0) is 23.4. The molecule has 0 amide bonds. The number of ketones is 1. The van der Waals surface area contributed by atoms with Gasteiger partial charge in [-0.2, -0.15) is 0 Å². The molecule has 0 N–H and O–H groups in total. The predicted octanol–water partition coefficient (Wildman–Crippen LogP) is 5.03. The fraction of sp³-hybridized carbons (Fsp3) is 0.120. The topological polar surface area (TPSA) is 109 Å². The van der Waals surface area contributed by atoms with Gasteiger partial charge in [-0.1, -0.05) is 12.1 Å². The van der Waals surface area contributed by atoms with Gasteiger partial charge in [0.15, 0.2) is 5.78 Å². The van der Waals surface area contributed by atoms with Crippen LogP contribution < -0.4 is 15.1 Å². The number of fused-ring (bicyclic) bond motifs is 1. The lowest BCUT2D eigenvalue weighted by Gasteiger charge is -2.11. The lowest BCUT2D eigenvalue weighted by atomic mass is 10.0. The highest BCUT2D eigenvalue weighted by atomic mass is 16.6. The average molecular weight is 445 g/mol. The van der Waals surface area contributed by atoms with Gasteiger partial charge in [0.25, 0.3) is 5.69 Å². The number of carbonyl (C=O) groups is 1. The number of nitro benzene ring substituents is 1. The van der Waals surface area contributed by atoms with E-state index in [-0.39, 0.29) is 24.7 Å². The van der Waals surface area contributed by atoms with Crippen molar-refractivity contribution in [3.63, 3.8) is 0 Å². The highest BCUT2D eigenvalue weighted by Gasteiger charge is 2.12. The highest BCUT2D eigenvalue weighted by Crippen LogP contribution is 2.30. The van der Waals surface area contributed by atoms with Crippen LogP contribution in [0.5, 0.6) is 11.5 Å². The molecule has 8 nitrogen and oxygen atoms in total. The smallest absolute Gasteiger partial charge is 0.336 e. The Morgan fingerprint density at radius 2 is 1.70 bits per heavy atom. The summed E-state index contributed by atoms with van der Waals surface area (Å²) in [5.74, 6) is 0.890. The number of carbonyl (C=O) groups excluding carboxylic acids is 1. The molecule has 0 atom stereocenters. The van der Waals surface area contributed by atoms with E-state index in [0.29, 0.717) is 39.2 Å². The first-order valence-electron chi connectivity index (χ1n) is 10.1. The normalized spacial score (nSPS) is 10.7. The summed E-state index contributed by atoms with van der Waals surface area (Å²) in [6.07, 6.45) is 0. The van der Waals surface area contributed by atoms with Crippen molar-refractivity contribution in [2.24, 2.45) is 0 Å². The maximum Gasteiger partial charge on any atom is 0.336 e. The molecule has 166 valence electrons. The van der Waals surface area contributed by atoms with Crippen LogP contribution in [0.3, 0.4) is 0 Å². The number of non-ortho nitro benzene ring substituents is 1. The summed E-state index contributed by atoms with van der Waals surface area (Å²) < 4.78 is 16.7. The molecule has 4 aromatic rings. The second kappa shape index (κ2) is 9.35. The zero-order valence-corrected chi connectivity index (χ0v) is 17.6. The van der Waals surface area contributed by atoms with Crippen LogP contribution in [0.15, 0.2) is 82.0 Å². The molecule has 0 aliphatic heterocycles. The number of ether oxygens (including phenoxy) is 2. The first kappa shape index (κ1) is 21.8. The van der Waals surface area contributed by atoms with E-state index in [4.69, 9.17) is 13.9 Å². The van der Waals surface area contributed by atoms with E-state index in [9.17, 15) is 19.7 Å². The van der Waals surface area contributed by atoms with Crippen LogP contribution in [0.25, 0.3) is 22.1 Å². The first-order valence-corrected chi connectivity index (χ1v) is 10.1. The minimum absolute atomic E-state index is 0.0325. The van der Waals surface area contributed by atoms with Crippen LogP contribution >= 0.6 is 0 Å². The average Bonchev–Trinajstić information content (AvgIpc) is 2.81. The molecule has 1 aromatic heterocycles. The van der Waals surface area contributed by atoms with Crippen LogP contribution in [0.2, 0.25) is 0 Å². The molecule has 33 heavy (non-hydrogen) atoms. The maximum atomic E-state index is 12.1. The van der Waals surface area contributed by atoms with Crippen molar-refractivity contribution in [3.8, 4) is 22.6 Å². The largest absolute Gasteiger partial charge is 0.490 e. The van der Waals surface area contributed by atoms with Crippen molar-refractivity contribution < 1.29 is 23.6 Å². The lowest BCUT2D eigenvalue weighted by molar-refractivity contribution is -0.384. The minimum atomic E-state index is -0.544. The second-order valence-electron chi connectivity index (χ2n) is 7.19. The van der Waals surface area contributed by atoms with Crippen molar-refractivity contribution >= 4 is 22.4 Å². The Kier molecular flexibility index (Phi) is 6.17. The van der Waals surface area contributed by atoms with Gasteiger partial charge < -0.3 is 13.9 Å². The van der Waals surface area contributed by atoms with Crippen LogP contribution in [0.4, 0.5) is 5.69 Å². The van der Waals surface area contributed by atoms with Gasteiger partial charge in [0.2, 0.25) is 0 Å². The monoisotopic (exact) mass is 445 g/mol. The van der Waals surface area contributed by atoms with Crippen molar-refractivity contribution in [2.75, 3.05) is 13.2 Å². The van der Waals surface area contributed by atoms with Gasteiger partial charge in [-0.25, -0.2) is 4.79 Å². The van der Waals surface area contributed by atoms with Gasteiger partial charge in [-0.05, 0) is 54.4 Å². The van der Waals surface area contributed by atoms with Gasteiger partial charge in [0.1, 0.15) is 30.3 Å². The number of nitro groups is 1. The molecule has 0 spiro atoms. The minimum Gasteiger partial charge on any atom is -0.490 e. The summed E-state index contributed by atoms with van der Waals surface area (Å²) in [5, 5.41) is 11.6. The van der Waals surface area contributed by atoms with E-state index in [2.05, 4.69) is 0 Å². The number of Topliss-reactive ketones (excluding diaryl/α,β-unsaturated/α-hetero) is 1. The van der Waals surface area contributed by atoms with Crippen molar-refractivity contribution in [3.05, 3.63) is 98.9 Å². The molecule has 1 heterocycles. The number of nitrogens with zero attached hydrogens (tertiary/aromatic N) is 1. The third kappa shape index (κ3) is 4.90. The molecule has 0 saturated heterocycles. The van der Waals surface area contributed by atoms with E-state index in [1.807, 2.05) is 0 Å². The van der Waals surface area contributed by atoms with Crippen LogP contribution in [0, 0.1) is 10.1 Å². The molecule has 0 bridgehead atoms. The Balaban J connectivity index is 1.50. The molecule has 8 heteroatoms. The van der Waals surface area contributed by atoms with Crippen LogP contribution in [0.1, 0.15) is 17.3 Å². The third-order valence-electron chi connectivity index (χ3n) is 4.98. The number of para-hydroxylation sites is 1. The molecule has 0 unspecified atom stereocenters. The van der Waals surface area contributed by atoms with Gasteiger partial charge in [-0.3, -0.25) is 14.9 Å². The number of benzene rings is 3. The van der Waals surface area contributed by atoms with Gasteiger partial charge in [-0.15, -0.1) is 0 Å². The van der Waals surface area contributed by atoms with Gasteiger partial charge in [0, 0.05) is 29.7 Å². The Morgan fingerprint density at radius 3 is 2.42 bits per heavy atom. The van der Waals surface area contributed by atoms with Crippen LogP contribution in [-0.4, -0.2) is 23.9 Å². The second-order valence-corrected chi connectivity index (χ2v) is 7.19. The van der Waals surface area contributed by atoms with E-state index in [0.717, 1.165) is 0 Å². The fourth-order valence-electron chi connectivity index (χ4n) is 3.43. The Hall–Kier alpha value is -4.46. The fourth-order valence-corrected chi connectivity index (χ4v) is 3.43. The molecule has 0 radical (unpaired) electrons. The Bertz CT molecular complexity index is 1390. The van der Waals surface area contributed by atoms with Gasteiger partial charge >= 0.3 is 5.63 Å². The maximum absolute atomic E-state index is 12.1. The van der Waals surface area contributed by atoms with E-state index in [1.165, 1.54) is 25.1 Å². The molecule has 0 aliphatic carbocycles. The molecule has 4 rings (SSSR count). The highest BCUT2D eigenvalue weighted by molar-refractivity contribution is 5.96. The molecule has 0 fully saturated rings. The van der Waals surface area contributed by atoms with E-state index >= 15 is 0 Å². The summed E-state index contributed by atoms with van der Waals surface area (Å²) in [6.45, 7) is 1.91. The van der Waals surface area contributed by atoms with Crippen molar-refractivity contribution in [2.45, 2.75) is 6.92 Å². The quantitative estimate of drug-likeness (QED) is 0.123. The standard InChI is InChI=1S/C25H19NO7/c1-16(27)20-4-2-3-5-23(20)32-13-12-31-19-10-11-21-22(15-25(28)33-24(21)14-19)17-6-8-18(9-7-17)26(29)30/h2-11,14-15H,12-13H2,1H3. The number of hydrogen-bond acceptors (Lipinski definition) is 7. The SMILES string of the molecule is CC(=O)c1ccccc1OCCOc1ccc2c(-c3ccc([N+](=O)[O-])cc3)cc(=O)oc2c1. The van der Waals surface area contributed by atoms with Crippen molar-refractivity contribution in [1.29, 1.82) is 0 Å². The summed E-state index contributed by atoms with van der Waals surface area (Å²) in [4.78, 5) is 34.2. The summed E-state index contributed by atoms with van der Waals surface area (Å²) in [5.41, 5.74) is 1.52. The third-order valence-corrected chi connectivity index (χ3v) is 4.98. The number of rotatable bonds is 8. The van der Waals surface area contributed by atoms with Gasteiger partial charge in [0.05, 0.1) is 10.5 Å². The summed E-state index contributed by atoms with van der Waals surface area (Å²) in [7, 11) is 0. The number of hydrogen-bond donors (Lipinski definition) is 0. The first-order chi connectivity index (χ1) is 15.9. The molecule has 0 saturated carbocycles.